The van der Waals surface area contributed by atoms with Gasteiger partial charge in [0.05, 0.1) is 32.1 Å². The number of anilines is 1. The van der Waals surface area contributed by atoms with Crippen LogP contribution in [0.2, 0.25) is 0 Å². The average Bonchev–Trinajstić information content (AvgIpc) is 2.52. The standard InChI is InChI=1S/C17H28N2O3/c1-3-21-16-13-14(12-15(18)17(16)22-4-2)6-5-7-19-8-10-20-11-9-19/h12-13H,3-11,18H2,1-2H3. The SMILES string of the molecule is CCOc1cc(CCCN2CCOCC2)cc(N)c1OCC. The Labute approximate surface area is 133 Å². The first-order valence-electron chi connectivity index (χ1n) is 8.22. The predicted molar refractivity (Wildman–Crippen MR) is 88.8 cm³/mol. The van der Waals surface area contributed by atoms with Gasteiger partial charge in [-0.15, -0.1) is 0 Å². The minimum Gasteiger partial charge on any atom is -0.490 e. The Hall–Kier alpha value is -1.46. The molecule has 0 aromatic heterocycles. The van der Waals surface area contributed by atoms with E-state index in [9.17, 15) is 0 Å². The number of morpholine rings is 1. The Morgan fingerprint density at radius 1 is 1.14 bits per heavy atom. The number of ether oxygens (including phenoxy) is 3. The summed E-state index contributed by atoms with van der Waals surface area (Å²) in [5.41, 5.74) is 7.99. The molecule has 1 aromatic carbocycles. The zero-order valence-electron chi connectivity index (χ0n) is 13.8. The van der Waals surface area contributed by atoms with Crippen molar-refractivity contribution in [2.45, 2.75) is 26.7 Å². The fourth-order valence-corrected chi connectivity index (χ4v) is 2.72. The number of aryl methyl sites for hydroxylation is 1. The largest absolute Gasteiger partial charge is 0.490 e. The molecule has 22 heavy (non-hydrogen) atoms. The van der Waals surface area contributed by atoms with Crippen molar-refractivity contribution < 1.29 is 14.2 Å². The lowest BCUT2D eigenvalue weighted by Crippen LogP contribution is -2.36. The van der Waals surface area contributed by atoms with Gasteiger partial charge in [0.25, 0.3) is 0 Å². The van der Waals surface area contributed by atoms with Crippen LogP contribution in [0.3, 0.4) is 0 Å². The van der Waals surface area contributed by atoms with Gasteiger partial charge in [-0.3, -0.25) is 4.90 Å². The molecule has 1 aromatic rings. The van der Waals surface area contributed by atoms with E-state index in [2.05, 4.69) is 11.0 Å². The average molecular weight is 308 g/mol. The van der Waals surface area contributed by atoms with E-state index in [1.807, 2.05) is 19.9 Å². The van der Waals surface area contributed by atoms with E-state index >= 15 is 0 Å². The molecule has 0 bridgehead atoms. The number of hydrogen-bond acceptors (Lipinski definition) is 5. The molecule has 1 fully saturated rings. The van der Waals surface area contributed by atoms with E-state index < -0.39 is 0 Å². The summed E-state index contributed by atoms with van der Waals surface area (Å²) in [5, 5.41) is 0. The quantitative estimate of drug-likeness (QED) is 0.747. The highest BCUT2D eigenvalue weighted by Gasteiger charge is 2.13. The van der Waals surface area contributed by atoms with E-state index in [-0.39, 0.29) is 0 Å². The molecular weight excluding hydrogens is 280 g/mol. The monoisotopic (exact) mass is 308 g/mol. The van der Waals surface area contributed by atoms with Gasteiger partial charge < -0.3 is 19.9 Å². The third-order valence-electron chi connectivity index (χ3n) is 3.78. The van der Waals surface area contributed by atoms with Gasteiger partial charge in [-0.05, 0) is 50.9 Å². The van der Waals surface area contributed by atoms with Crippen LogP contribution in [-0.4, -0.2) is 51.0 Å². The van der Waals surface area contributed by atoms with Crippen LogP contribution >= 0.6 is 0 Å². The van der Waals surface area contributed by atoms with Crippen molar-refractivity contribution >= 4 is 5.69 Å². The van der Waals surface area contributed by atoms with E-state index in [0.29, 0.717) is 24.7 Å². The summed E-state index contributed by atoms with van der Waals surface area (Å²) in [6.07, 6.45) is 2.10. The molecule has 1 heterocycles. The lowest BCUT2D eigenvalue weighted by molar-refractivity contribution is 0.0374. The van der Waals surface area contributed by atoms with E-state index in [1.54, 1.807) is 0 Å². The third kappa shape index (κ3) is 4.78. The second-order valence-electron chi connectivity index (χ2n) is 5.44. The Morgan fingerprint density at radius 3 is 2.55 bits per heavy atom. The molecular formula is C17H28N2O3. The van der Waals surface area contributed by atoms with Crippen molar-refractivity contribution in [3.05, 3.63) is 17.7 Å². The van der Waals surface area contributed by atoms with E-state index in [1.165, 1.54) is 5.56 Å². The highest BCUT2D eigenvalue weighted by Crippen LogP contribution is 2.35. The van der Waals surface area contributed by atoms with Gasteiger partial charge in [0.1, 0.15) is 0 Å². The molecule has 0 spiro atoms. The van der Waals surface area contributed by atoms with Crippen molar-refractivity contribution in [1.82, 2.24) is 4.90 Å². The van der Waals surface area contributed by atoms with Crippen LogP contribution in [0.25, 0.3) is 0 Å². The van der Waals surface area contributed by atoms with Gasteiger partial charge >= 0.3 is 0 Å². The zero-order chi connectivity index (χ0) is 15.8. The first-order valence-corrected chi connectivity index (χ1v) is 8.22. The topological polar surface area (TPSA) is 57.0 Å². The molecule has 5 nitrogen and oxygen atoms in total. The molecule has 1 aliphatic rings. The number of nitrogens with zero attached hydrogens (tertiary/aromatic N) is 1. The summed E-state index contributed by atoms with van der Waals surface area (Å²) >= 11 is 0. The molecule has 2 N–H and O–H groups in total. The van der Waals surface area contributed by atoms with Gasteiger partial charge in [-0.25, -0.2) is 0 Å². The molecule has 0 unspecified atom stereocenters. The van der Waals surface area contributed by atoms with Crippen LogP contribution in [0.15, 0.2) is 12.1 Å². The van der Waals surface area contributed by atoms with Gasteiger partial charge in [-0.1, -0.05) is 0 Å². The molecule has 0 aliphatic carbocycles. The van der Waals surface area contributed by atoms with E-state index in [0.717, 1.165) is 51.4 Å². The fourth-order valence-electron chi connectivity index (χ4n) is 2.72. The molecule has 0 saturated carbocycles. The van der Waals surface area contributed by atoms with Gasteiger partial charge in [0.15, 0.2) is 11.5 Å². The van der Waals surface area contributed by atoms with Gasteiger partial charge in [0, 0.05) is 13.1 Å². The number of nitrogens with two attached hydrogens (primary N) is 1. The zero-order valence-corrected chi connectivity index (χ0v) is 13.8. The minimum absolute atomic E-state index is 0.584. The smallest absolute Gasteiger partial charge is 0.184 e. The number of nitrogen functional groups attached to an aromatic ring is 1. The normalized spacial score (nSPS) is 15.7. The maximum absolute atomic E-state index is 6.12. The van der Waals surface area contributed by atoms with Crippen LogP contribution < -0.4 is 15.2 Å². The van der Waals surface area contributed by atoms with Crippen LogP contribution in [-0.2, 0) is 11.2 Å². The highest BCUT2D eigenvalue weighted by molar-refractivity contribution is 5.62. The summed E-state index contributed by atoms with van der Waals surface area (Å²) in [5.74, 6) is 1.42. The summed E-state index contributed by atoms with van der Waals surface area (Å²) in [6.45, 7) is 9.99. The first-order chi connectivity index (χ1) is 10.7. The van der Waals surface area contributed by atoms with Gasteiger partial charge in [-0.2, -0.15) is 0 Å². The summed E-state index contributed by atoms with van der Waals surface area (Å²) in [6, 6.07) is 4.07. The molecule has 5 heteroatoms. The third-order valence-corrected chi connectivity index (χ3v) is 3.78. The molecule has 0 amide bonds. The minimum atomic E-state index is 0.584. The Balaban J connectivity index is 1.94. The van der Waals surface area contributed by atoms with Crippen LogP contribution in [0.5, 0.6) is 11.5 Å². The molecule has 1 aliphatic heterocycles. The number of rotatable bonds is 8. The Bertz CT molecular complexity index is 459. The second kappa shape index (κ2) is 8.86. The van der Waals surface area contributed by atoms with Crippen LogP contribution in [0.4, 0.5) is 5.69 Å². The summed E-state index contributed by atoms with van der Waals surface area (Å²) in [7, 11) is 0. The fraction of sp³-hybridized carbons (Fsp3) is 0.647. The maximum Gasteiger partial charge on any atom is 0.184 e. The lowest BCUT2D eigenvalue weighted by atomic mass is 10.1. The molecule has 124 valence electrons. The lowest BCUT2D eigenvalue weighted by Gasteiger charge is -2.26. The van der Waals surface area contributed by atoms with Gasteiger partial charge in [0.2, 0.25) is 0 Å². The molecule has 0 atom stereocenters. The highest BCUT2D eigenvalue weighted by atomic mass is 16.5. The van der Waals surface area contributed by atoms with Crippen LogP contribution in [0, 0.1) is 0 Å². The summed E-state index contributed by atoms with van der Waals surface area (Å²) in [4.78, 5) is 2.45. The number of hydrogen-bond donors (Lipinski definition) is 1. The molecule has 2 rings (SSSR count). The molecule has 0 radical (unpaired) electrons. The van der Waals surface area contributed by atoms with Crippen molar-refractivity contribution in [2.75, 3.05) is 51.8 Å². The predicted octanol–water partition coefficient (Wildman–Crippen LogP) is 2.33. The molecule has 1 saturated heterocycles. The van der Waals surface area contributed by atoms with Crippen molar-refractivity contribution in [2.24, 2.45) is 0 Å². The first kappa shape index (κ1) is 16.9. The van der Waals surface area contributed by atoms with Crippen LogP contribution in [0.1, 0.15) is 25.8 Å². The summed E-state index contributed by atoms with van der Waals surface area (Å²) < 4.78 is 16.6. The number of benzene rings is 1. The second-order valence-corrected chi connectivity index (χ2v) is 5.44. The van der Waals surface area contributed by atoms with Crippen molar-refractivity contribution in [3.63, 3.8) is 0 Å². The van der Waals surface area contributed by atoms with E-state index in [4.69, 9.17) is 19.9 Å². The Morgan fingerprint density at radius 2 is 1.86 bits per heavy atom. The maximum atomic E-state index is 6.12. The van der Waals surface area contributed by atoms with Crippen molar-refractivity contribution in [1.29, 1.82) is 0 Å². The van der Waals surface area contributed by atoms with Crippen molar-refractivity contribution in [3.8, 4) is 11.5 Å². The Kier molecular flexibility index (Phi) is 6.80.